The molecule has 2 aromatic carbocycles. The molecule has 23 heavy (non-hydrogen) atoms. The molecule has 5 heteroatoms. The van der Waals surface area contributed by atoms with Crippen LogP contribution in [0.25, 0.3) is 6.08 Å². The van der Waals surface area contributed by atoms with Gasteiger partial charge in [-0.1, -0.05) is 40.2 Å². The van der Waals surface area contributed by atoms with Crippen molar-refractivity contribution in [3.8, 4) is 11.8 Å². The van der Waals surface area contributed by atoms with Gasteiger partial charge in [0.1, 0.15) is 17.4 Å². The van der Waals surface area contributed by atoms with E-state index in [2.05, 4.69) is 21.2 Å². The van der Waals surface area contributed by atoms with Crippen LogP contribution in [0.2, 0.25) is 0 Å². The van der Waals surface area contributed by atoms with Crippen molar-refractivity contribution in [3.63, 3.8) is 0 Å². The van der Waals surface area contributed by atoms with Gasteiger partial charge in [0.2, 0.25) is 0 Å². The monoisotopic (exact) mass is 370 g/mol. The first kappa shape index (κ1) is 16.8. The maximum absolute atomic E-state index is 12.1. The number of halogens is 1. The summed E-state index contributed by atoms with van der Waals surface area (Å²) in [6.45, 7) is 0.348. The van der Waals surface area contributed by atoms with Crippen molar-refractivity contribution in [2.75, 3.05) is 7.11 Å². The lowest BCUT2D eigenvalue weighted by Gasteiger charge is -2.06. The van der Waals surface area contributed by atoms with E-state index in [4.69, 9.17) is 4.74 Å². The Morgan fingerprint density at radius 3 is 2.65 bits per heavy atom. The molecule has 4 nitrogen and oxygen atoms in total. The highest BCUT2D eigenvalue weighted by Crippen LogP contribution is 2.15. The Balaban J connectivity index is 2.04. The van der Waals surface area contributed by atoms with E-state index in [1.165, 1.54) is 0 Å². The number of nitrogens with one attached hydrogen (secondary N) is 1. The second-order valence-corrected chi connectivity index (χ2v) is 5.67. The Kier molecular flexibility index (Phi) is 5.95. The average molecular weight is 371 g/mol. The van der Waals surface area contributed by atoms with Gasteiger partial charge < -0.3 is 10.1 Å². The summed E-state index contributed by atoms with van der Waals surface area (Å²) in [5.74, 6) is 0.357. The minimum absolute atomic E-state index is 0.0663. The van der Waals surface area contributed by atoms with Crippen molar-refractivity contribution in [1.82, 2.24) is 5.32 Å². The predicted octanol–water partition coefficient (Wildman–Crippen LogP) is 3.68. The van der Waals surface area contributed by atoms with E-state index in [1.807, 2.05) is 54.6 Å². The SMILES string of the molecule is COc1ccc(CNC(=O)/C(C#N)=C\c2cccc(Br)c2)cc1. The van der Waals surface area contributed by atoms with E-state index >= 15 is 0 Å². The topological polar surface area (TPSA) is 62.1 Å². The number of carbonyl (C=O) groups is 1. The molecule has 0 aliphatic heterocycles. The van der Waals surface area contributed by atoms with E-state index < -0.39 is 5.91 Å². The second-order valence-electron chi connectivity index (χ2n) is 4.76. The van der Waals surface area contributed by atoms with Crippen molar-refractivity contribution in [3.05, 3.63) is 69.7 Å². The minimum atomic E-state index is -0.400. The lowest BCUT2D eigenvalue weighted by Crippen LogP contribution is -2.23. The molecule has 0 radical (unpaired) electrons. The van der Waals surface area contributed by atoms with Gasteiger partial charge in [0.25, 0.3) is 5.91 Å². The molecule has 0 heterocycles. The molecule has 0 aliphatic carbocycles. The van der Waals surface area contributed by atoms with Crippen LogP contribution in [-0.2, 0) is 11.3 Å². The largest absolute Gasteiger partial charge is 0.497 e. The number of hydrogen-bond donors (Lipinski definition) is 1. The van der Waals surface area contributed by atoms with Crippen molar-refractivity contribution in [1.29, 1.82) is 5.26 Å². The molecule has 2 rings (SSSR count). The molecule has 0 unspecified atom stereocenters. The van der Waals surface area contributed by atoms with Crippen molar-refractivity contribution in [2.45, 2.75) is 6.54 Å². The normalized spacial score (nSPS) is 10.7. The molecule has 0 atom stereocenters. The molecule has 0 aromatic heterocycles. The molecule has 0 aliphatic rings. The van der Waals surface area contributed by atoms with Gasteiger partial charge in [-0.2, -0.15) is 5.26 Å². The fourth-order valence-electron chi connectivity index (χ4n) is 1.93. The predicted molar refractivity (Wildman–Crippen MR) is 92.6 cm³/mol. The standard InChI is InChI=1S/C18H15BrN2O2/c1-23-17-7-5-13(6-8-17)12-21-18(22)15(11-20)9-14-3-2-4-16(19)10-14/h2-10H,12H2,1H3,(H,21,22)/b15-9-. The zero-order valence-electron chi connectivity index (χ0n) is 12.5. The van der Waals surface area contributed by atoms with E-state index in [-0.39, 0.29) is 5.57 Å². The zero-order chi connectivity index (χ0) is 16.7. The van der Waals surface area contributed by atoms with Crippen LogP contribution < -0.4 is 10.1 Å². The summed E-state index contributed by atoms with van der Waals surface area (Å²) in [4.78, 5) is 12.1. The van der Waals surface area contributed by atoms with E-state index in [9.17, 15) is 10.1 Å². The molecule has 1 N–H and O–H groups in total. The lowest BCUT2D eigenvalue weighted by atomic mass is 10.1. The van der Waals surface area contributed by atoms with Crippen LogP contribution in [-0.4, -0.2) is 13.0 Å². The molecule has 1 amide bonds. The number of methoxy groups -OCH3 is 1. The van der Waals surface area contributed by atoms with Crippen molar-refractivity contribution in [2.24, 2.45) is 0 Å². The summed E-state index contributed by atoms with van der Waals surface area (Å²) >= 11 is 3.36. The number of rotatable bonds is 5. The van der Waals surface area contributed by atoms with Crippen molar-refractivity contribution >= 4 is 27.9 Å². The Morgan fingerprint density at radius 1 is 1.30 bits per heavy atom. The number of carbonyl (C=O) groups excluding carboxylic acids is 1. The Hall–Kier alpha value is -2.58. The smallest absolute Gasteiger partial charge is 0.262 e. The molecule has 2 aromatic rings. The molecule has 0 saturated carbocycles. The van der Waals surface area contributed by atoms with Gasteiger partial charge in [0.05, 0.1) is 7.11 Å². The van der Waals surface area contributed by atoms with Crippen LogP contribution in [0.4, 0.5) is 0 Å². The van der Waals surface area contributed by atoms with Crippen LogP contribution in [0.1, 0.15) is 11.1 Å². The Labute approximate surface area is 143 Å². The average Bonchev–Trinajstić information content (AvgIpc) is 2.58. The first-order valence-corrected chi connectivity index (χ1v) is 7.70. The quantitative estimate of drug-likeness (QED) is 0.644. The van der Waals surface area contributed by atoms with Crippen molar-refractivity contribution < 1.29 is 9.53 Å². The number of ether oxygens (including phenoxy) is 1. The molecule has 0 saturated heterocycles. The summed E-state index contributed by atoms with van der Waals surface area (Å²) in [5.41, 5.74) is 1.78. The Morgan fingerprint density at radius 2 is 2.04 bits per heavy atom. The van der Waals surface area contributed by atoms with Gasteiger partial charge in [-0.25, -0.2) is 0 Å². The maximum atomic E-state index is 12.1. The summed E-state index contributed by atoms with van der Waals surface area (Å²) in [7, 11) is 1.60. The third-order valence-corrected chi connectivity index (χ3v) is 3.63. The fourth-order valence-corrected chi connectivity index (χ4v) is 2.35. The van der Waals surface area contributed by atoms with Crippen LogP contribution in [0, 0.1) is 11.3 Å². The molecule has 116 valence electrons. The highest BCUT2D eigenvalue weighted by Gasteiger charge is 2.08. The Bertz CT molecular complexity index is 761. The fraction of sp³-hybridized carbons (Fsp3) is 0.111. The van der Waals surface area contributed by atoms with Gasteiger partial charge >= 0.3 is 0 Å². The van der Waals surface area contributed by atoms with E-state index in [0.717, 1.165) is 21.3 Å². The van der Waals surface area contributed by atoms with E-state index in [0.29, 0.717) is 6.54 Å². The highest BCUT2D eigenvalue weighted by atomic mass is 79.9. The summed E-state index contributed by atoms with van der Waals surface area (Å²) in [5, 5.41) is 11.9. The first-order chi connectivity index (χ1) is 11.1. The van der Waals surface area contributed by atoms with Crippen LogP contribution in [0.5, 0.6) is 5.75 Å². The molecule has 0 bridgehead atoms. The second kappa shape index (κ2) is 8.16. The summed E-state index contributed by atoms with van der Waals surface area (Å²) in [6.07, 6.45) is 1.56. The van der Waals surface area contributed by atoms with Gasteiger partial charge in [-0.05, 0) is 41.5 Å². The number of nitrogens with zero attached hydrogens (tertiary/aromatic N) is 1. The number of hydrogen-bond acceptors (Lipinski definition) is 3. The molecular formula is C18H15BrN2O2. The number of benzene rings is 2. The van der Waals surface area contributed by atoms with Gasteiger partial charge in [-0.3, -0.25) is 4.79 Å². The third kappa shape index (κ3) is 4.97. The van der Waals surface area contributed by atoms with Crippen LogP contribution >= 0.6 is 15.9 Å². The van der Waals surface area contributed by atoms with Crippen LogP contribution in [0.3, 0.4) is 0 Å². The summed E-state index contributed by atoms with van der Waals surface area (Å²) in [6, 6.07) is 16.7. The minimum Gasteiger partial charge on any atom is -0.497 e. The number of amides is 1. The third-order valence-electron chi connectivity index (χ3n) is 3.14. The molecule has 0 fully saturated rings. The molecule has 0 spiro atoms. The van der Waals surface area contributed by atoms with E-state index in [1.54, 1.807) is 13.2 Å². The number of nitriles is 1. The lowest BCUT2D eigenvalue weighted by molar-refractivity contribution is -0.117. The van der Waals surface area contributed by atoms with Gasteiger partial charge in [0.15, 0.2) is 0 Å². The zero-order valence-corrected chi connectivity index (χ0v) is 14.1. The summed E-state index contributed by atoms with van der Waals surface area (Å²) < 4.78 is 5.97. The highest BCUT2D eigenvalue weighted by molar-refractivity contribution is 9.10. The maximum Gasteiger partial charge on any atom is 0.262 e. The van der Waals surface area contributed by atoms with Gasteiger partial charge in [0, 0.05) is 11.0 Å². The van der Waals surface area contributed by atoms with Gasteiger partial charge in [-0.15, -0.1) is 0 Å². The first-order valence-electron chi connectivity index (χ1n) is 6.91. The van der Waals surface area contributed by atoms with Crippen LogP contribution in [0.15, 0.2) is 58.6 Å². The molecular weight excluding hydrogens is 356 g/mol.